The van der Waals surface area contributed by atoms with Gasteiger partial charge in [-0.2, -0.15) is 5.26 Å². The molecule has 0 saturated carbocycles. The molecule has 0 radical (unpaired) electrons. The second-order valence-electron chi connectivity index (χ2n) is 5.57. The fourth-order valence-electron chi connectivity index (χ4n) is 1.53. The largest absolute Gasteiger partial charge is 0.492 e. The molecule has 1 rings (SSSR count). The summed E-state index contributed by atoms with van der Waals surface area (Å²) in [6.45, 7) is 10.9. The smallest absolute Gasteiger partial charge is 0.122 e. The van der Waals surface area contributed by atoms with Crippen molar-refractivity contribution in [1.82, 2.24) is 0 Å². The molecule has 0 fully saturated rings. The molecule has 0 aliphatic rings. The minimum absolute atomic E-state index is 0.0725. The molecule has 0 aliphatic heterocycles. The van der Waals surface area contributed by atoms with E-state index in [0.717, 1.165) is 11.3 Å². The van der Waals surface area contributed by atoms with Crippen LogP contribution >= 0.6 is 0 Å². The van der Waals surface area contributed by atoms with E-state index in [-0.39, 0.29) is 11.3 Å². The van der Waals surface area contributed by atoms with E-state index >= 15 is 0 Å². The number of ether oxygens (including phenoxy) is 1. The number of nitrogens with zero attached hydrogens (tertiary/aromatic N) is 1. The zero-order chi connectivity index (χ0) is 13.1. The highest BCUT2D eigenvalue weighted by Crippen LogP contribution is 2.27. The Hall–Kier alpha value is -1.49. The second-order valence-corrected chi connectivity index (χ2v) is 5.57. The highest BCUT2D eigenvalue weighted by atomic mass is 16.5. The molecular weight excluding hydrogens is 210 g/mol. The zero-order valence-electron chi connectivity index (χ0n) is 11.4. The lowest BCUT2D eigenvalue weighted by Crippen LogP contribution is -2.12. The van der Waals surface area contributed by atoms with Gasteiger partial charge in [-0.05, 0) is 36.5 Å². The van der Waals surface area contributed by atoms with Gasteiger partial charge in [-0.3, -0.25) is 0 Å². The van der Waals surface area contributed by atoms with Crippen molar-refractivity contribution in [2.75, 3.05) is 6.61 Å². The van der Waals surface area contributed by atoms with Crippen molar-refractivity contribution in [2.24, 2.45) is 5.92 Å². The van der Waals surface area contributed by atoms with Crippen LogP contribution in [0.25, 0.3) is 0 Å². The van der Waals surface area contributed by atoms with Gasteiger partial charge in [0.15, 0.2) is 0 Å². The van der Waals surface area contributed by atoms with E-state index in [4.69, 9.17) is 10.00 Å². The molecule has 1 atom stereocenters. The van der Waals surface area contributed by atoms with Gasteiger partial charge in [-0.15, -0.1) is 0 Å². The molecule has 0 heterocycles. The van der Waals surface area contributed by atoms with E-state index in [9.17, 15) is 0 Å². The first kappa shape index (κ1) is 13.6. The average Bonchev–Trinajstić information content (AvgIpc) is 2.25. The third-order valence-corrected chi connectivity index (χ3v) is 2.75. The zero-order valence-corrected chi connectivity index (χ0v) is 11.4. The quantitative estimate of drug-likeness (QED) is 0.792. The van der Waals surface area contributed by atoms with E-state index in [0.29, 0.717) is 6.61 Å². The standard InChI is InChI=1S/C15H21NO/c1-11(9-16)10-17-14-7-6-13(8-12(14)2)15(3,4)5/h6-8,11H,10H2,1-5H3. The number of aryl methyl sites for hydroxylation is 1. The van der Waals surface area contributed by atoms with Crippen LogP contribution in [0.5, 0.6) is 5.75 Å². The Kier molecular flexibility index (Phi) is 4.17. The Bertz CT molecular complexity index is 424. The number of rotatable bonds is 3. The molecule has 2 heteroatoms. The highest BCUT2D eigenvalue weighted by Gasteiger charge is 2.14. The summed E-state index contributed by atoms with van der Waals surface area (Å²) in [4.78, 5) is 0. The van der Waals surface area contributed by atoms with Gasteiger partial charge in [0.1, 0.15) is 12.4 Å². The molecule has 0 amide bonds. The first-order chi connectivity index (χ1) is 7.84. The molecule has 0 spiro atoms. The third kappa shape index (κ3) is 3.78. The summed E-state index contributed by atoms with van der Waals surface area (Å²) in [5, 5.41) is 8.70. The average molecular weight is 231 g/mol. The van der Waals surface area contributed by atoms with Gasteiger partial charge in [-0.1, -0.05) is 32.9 Å². The topological polar surface area (TPSA) is 33.0 Å². The molecule has 2 nitrogen and oxygen atoms in total. The van der Waals surface area contributed by atoms with Crippen molar-refractivity contribution in [3.05, 3.63) is 29.3 Å². The van der Waals surface area contributed by atoms with Crippen molar-refractivity contribution >= 4 is 0 Å². The van der Waals surface area contributed by atoms with Crippen LogP contribution < -0.4 is 4.74 Å². The summed E-state index contributed by atoms with van der Waals surface area (Å²) in [5.74, 6) is 0.803. The van der Waals surface area contributed by atoms with E-state index < -0.39 is 0 Å². The Morgan fingerprint density at radius 3 is 2.47 bits per heavy atom. The fourth-order valence-corrected chi connectivity index (χ4v) is 1.53. The SMILES string of the molecule is Cc1cc(C(C)(C)C)ccc1OCC(C)C#N. The first-order valence-electron chi connectivity index (χ1n) is 5.98. The molecule has 0 aliphatic carbocycles. The maximum Gasteiger partial charge on any atom is 0.122 e. The van der Waals surface area contributed by atoms with Crippen molar-refractivity contribution in [1.29, 1.82) is 5.26 Å². The summed E-state index contributed by atoms with van der Waals surface area (Å²) in [7, 11) is 0. The Balaban J connectivity index is 2.81. The van der Waals surface area contributed by atoms with Gasteiger partial charge in [-0.25, -0.2) is 0 Å². The van der Waals surface area contributed by atoms with Crippen LogP contribution in [-0.4, -0.2) is 6.61 Å². The van der Waals surface area contributed by atoms with E-state index in [1.54, 1.807) is 0 Å². The van der Waals surface area contributed by atoms with E-state index in [2.05, 4.69) is 39.0 Å². The Morgan fingerprint density at radius 1 is 1.35 bits per heavy atom. The normalized spacial score (nSPS) is 12.9. The molecular formula is C15H21NO. The van der Waals surface area contributed by atoms with Crippen molar-refractivity contribution < 1.29 is 4.74 Å². The minimum atomic E-state index is -0.0725. The van der Waals surface area contributed by atoms with Crippen LogP contribution in [0.15, 0.2) is 18.2 Å². The fraction of sp³-hybridized carbons (Fsp3) is 0.533. The maximum absolute atomic E-state index is 8.70. The van der Waals surface area contributed by atoms with Crippen LogP contribution in [0.1, 0.15) is 38.8 Å². The first-order valence-corrected chi connectivity index (χ1v) is 5.98. The molecule has 1 aromatic carbocycles. The van der Waals surface area contributed by atoms with E-state index in [1.807, 2.05) is 19.9 Å². The molecule has 17 heavy (non-hydrogen) atoms. The summed E-state index contributed by atoms with van der Waals surface area (Å²) in [6.07, 6.45) is 0. The van der Waals surface area contributed by atoms with Gasteiger partial charge >= 0.3 is 0 Å². The van der Waals surface area contributed by atoms with Crippen LogP contribution in [0, 0.1) is 24.2 Å². The summed E-state index contributed by atoms with van der Waals surface area (Å²) < 4.78 is 5.63. The van der Waals surface area contributed by atoms with Crippen molar-refractivity contribution in [3.8, 4) is 11.8 Å². The summed E-state index contributed by atoms with van der Waals surface area (Å²) in [5.41, 5.74) is 2.58. The predicted octanol–water partition coefficient (Wildman–Crippen LogP) is 3.83. The molecule has 0 aromatic heterocycles. The number of hydrogen-bond acceptors (Lipinski definition) is 2. The Labute approximate surface area is 104 Å². The molecule has 1 aromatic rings. The van der Waals surface area contributed by atoms with Gasteiger partial charge in [0, 0.05) is 0 Å². The summed E-state index contributed by atoms with van der Waals surface area (Å²) >= 11 is 0. The lowest BCUT2D eigenvalue weighted by molar-refractivity contribution is 0.286. The molecule has 1 unspecified atom stereocenters. The second kappa shape index (κ2) is 5.23. The number of benzene rings is 1. The maximum atomic E-state index is 8.70. The van der Waals surface area contributed by atoms with Crippen LogP contribution in [0.4, 0.5) is 0 Å². The third-order valence-electron chi connectivity index (χ3n) is 2.75. The van der Waals surface area contributed by atoms with Gasteiger partial charge < -0.3 is 4.74 Å². The Morgan fingerprint density at radius 2 is 2.00 bits per heavy atom. The van der Waals surface area contributed by atoms with Crippen LogP contribution in [0.3, 0.4) is 0 Å². The van der Waals surface area contributed by atoms with Gasteiger partial charge in [0.05, 0.1) is 12.0 Å². The van der Waals surface area contributed by atoms with Crippen LogP contribution in [0.2, 0.25) is 0 Å². The molecule has 0 N–H and O–H groups in total. The summed E-state index contributed by atoms with van der Waals surface area (Å²) in [6, 6.07) is 8.42. The molecule has 92 valence electrons. The highest BCUT2D eigenvalue weighted by molar-refractivity contribution is 5.38. The molecule has 0 bridgehead atoms. The minimum Gasteiger partial charge on any atom is -0.492 e. The lowest BCUT2D eigenvalue weighted by Gasteiger charge is -2.20. The lowest BCUT2D eigenvalue weighted by atomic mass is 9.86. The monoisotopic (exact) mass is 231 g/mol. The van der Waals surface area contributed by atoms with Gasteiger partial charge in [0.2, 0.25) is 0 Å². The van der Waals surface area contributed by atoms with E-state index in [1.165, 1.54) is 5.56 Å². The van der Waals surface area contributed by atoms with Crippen molar-refractivity contribution in [3.63, 3.8) is 0 Å². The van der Waals surface area contributed by atoms with Gasteiger partial charge in [0.25, 0.3) is 0 Å². The molecule has 0 saturated heterocycles. The predicted molar refractivity (Wildman–Crippen MR) is 70.2 cm³/mol. The number of nitriles is 1. The number of hydrogen-bond donors (Lipinski definition) is 0. The van der Waals surface area contributed by atoms with Crippen LogP contribution in [-0.2, 0) is 5.41 Å². The van der Waals surface area contributed by atoms with Crippen molar-refractivity contribution in [2.45, 2.75) is 40.0 Å².